The van der Waals surface area contributed by atoms with Gasteiger partial charge in [-0.1, -0.05) is 5.92 Å². The van der Waals surface area contributed by atoms with Gasteiger partial charge in [0, 0.05) is 13.3 Å². The number of ether oxygens (including phenoxy) is 2. The number of epoxide rings is 1. The van der Waals surface area contributed by atoms with Gasteiger partial charge in [-0.3, -0.25) is 4.79 Å². The molecule has 1 rings (SSSR count). The van der Waals surface area contributed by atoms with Gasteiger partial charge in [-0.15, -0.1) is 6.42 Å². The highest BCUT2D eigenvalue weighted by Crippen LogP contribution is 2.39. The highest BCUT2D eigenvalue weighted by molar-refractivity contribution is 5.67. The van der Waals surface area contributed by atoms with Gasteiger partial charge in [0.25, 0.3) is 0 Å². The van der Waals surface area contributed by atoms with Gasteiger partial charge >= 0.3 is 5.97 Å². The molecule has 0 aromatic carbocycles. The van der Waals surface area contributed by atoms with Crippen LogP contribution in [0.2, 0.25) is 0 Å². The number of hydrogen-bond donors (Lipinski definition) is 0. The molecule has 0 N–H and O–H groups in total. The number of terminal acetylenes is 1. The largest absolute Gasteiger partial charge is 0.446 e. The van der Waals surface area contributed by atoms with Gasteiger partial charge in [-0.05, 0) is 27.2 Å². The molecule has 2 atom stereocenters. The van der Waals surface area contributed by atoms with Crippen molar-refractivity contribution in [1.82, 2.24) is 0 Å². The van der Waals surface area contributed by atoms with E-state index in [2.05, 4.69) is 5.92 Å². The first-order valence-corrected chi connectivity index (χ1v) is 5.14. The quantitative estimate of drug-likeness (QED) is 0.404. The molecule has 0 radical (unpaired) electrons. The molecular formula is C12H18O3. The Morgan fingerprint density at radius 3 is 2.53 bits per heavy atom. The van der Waals surface area contributed by atoms with Gasteiger partial charge in [-0.25, -0.2) is 0 Å². The van der Waals surface area contributed by atoms with Crippen LogP contribution in [-0.4, -0.2) is 23.3 Å². The van der Waals surface area contributed by atoms with Crippen LogP contribution in [0.1, 0.15) is 40.5 Å². The van der Waals surface area contributed by atoms with Crippen molar-refractivity contribution in [2.24, 2.45) is 0 Å². The molecule has 3 nitrogen and oxygen atoms in total. The van der Waals surface area contributed by atoms with E-state index in [-0.39, 0.29) is 17.7 Å². The van der Waals surface area contributed by atoms with E-state index >= 15 is 0 Å². The van der Waals surface area contributed by atoms with Gasteiger partial charge in [0.1, 0.15) is 0 Å². The van der Waals surface area contributed by atoms with Gasteiger partial charge in [-0.2, -0.15) is 0 Å². The molecule has 0 spiro atoms. The molecule has 1 fully saturated rings. The minimum atomic E-state index is -0.798. The Balaban J connectivity index is 2.41. The lowest BCUT2D eigenvalue weighted by atomic mass is 9.96. The predicted octanol–water partition coefficient (Wildman–Crippen LogP) is 1.90. The second-order valence-electron chi connectivity index (χ2n) is 4.72. The van der Waals surface area contributed by atoms with Crippen molar-refractivity contribution in [2.75, 3.05) is 0 Å². The second kappa shape index (κ2) is 3.86. The van der Waals surface area contributed by atoms with Crippen molar-refractivity contribution in [3.8, 4) is 12.3 Å². The van der Waals surface area contributed by atoms with E-state index in [1.807, 2.05) is 13.8 Å². The summed E-state index contributed by atoms with van der Waals surface area (Å²) in [6, 6.07) is 0. The Kier molecular flexibility index (Phi) is 3.11. The fourth-order valence-electron chi connectivity index (χ4n) is 1.62. The highest BCUT2D eigenvalue weighted by atomic mass is 16.6. The van der Waals surface area contributed by atoms with Crippen LogP contribution < -0.4 is 0 Å². The number of hydrogen-bond acceptors (Lipinski definition) is 3. The summed E-state index contributed by atoms with van der Waals surface area (Å²) in [7, 11) is 0. The van der Waals surface area contributed by atoms with Crippen LogP contribution in [0, 0.1) is 12.3 Å². The van der Waals surface area contributed by atoms with Crippen LogP contribution in [0.15, 0.2) is 0 Å². The standard InChI is InChI=1S/C12H18O3/c1-6-12(5,14-9(2)13)8-7-10-11(3,4)15-10/h1,10H,7-8H2,2-5H3. The van der Waals surface area contributed by atoms with E-state index in [9.17, 15) is 4.79 Å². The van der Waals surface area contributed by atoms with Crippen molar-refractivity contribution in [3.63, 3.8) is 0 Å². The normalized spacial score (nSPS) is 26.2. The van der Waals surface area contributed by atoms with Crippen molar-refractivity contribution >= 4 is 5.97 Å². The number of esters is 1. The van der Waals surface area contributed by atoms with Gasteiger partial charge in [0.15, 0.2) is 5.60 Å². The van der Waals surface area contributed by atoms with E-state index in [0.29, 0.717) is 6.42 Å². The second-order valence-corrected chi connectivity index (χ2v) is 4.72. The summed E-state index contributed by atoms with van der Waals surface area (Å²) in [6.45, 7) is 7.20. The Morgan fingerprint density at radius 1 is 1.67 bits per heavy atom. The first-order valence-electron chi connectivity index (χ1n) is 5.14. The van der Waals surface area contributed by atoms with Crippen LogP contribution in [0.3, 0.4) is 0 Å². The molecule has 0 aromatic heterocycles. The maximum atomic E-state index is 10.9. The molecule has 15 heavy (non-hydrogen) atoms. The summed E-state index contributed by atoms with van der Waals surface area (Å²) < 4.78 is 10.5. The summed E-state index contributed by atoms with van der Waals surface area (Å²) in [5, 5.41) is 0. The summed E-state index contributed by atoms with van der Waals surface area (Å²) >= 11 is 0. The summed E-state index contributed by atoms with van der Waals surface area (Å²) in [6.07, 6.45) is 7.05. The monoisotopic (exact) mass is 210 g/mol. The molecule has 0 aromatic rings. The molecule has 1 aliphatic rings. The Bertz CT molecular complexity index is 300. The van der Waals surface area contributed by atoms with E-state index in [1.165, 1.54) is 6.92 Å². The molecule has 0 amide bonds. The molecule has 84 valence electrons. The summed E-state index contributed by atoms with van der Waals surface area (Å²) in [5.74, 6) is 2.18. The van der Waals surface area contributed by atoms with E-state index < -0.39 is 5.60 Å². The van der Waals surface area contributed by atoms with Crippen molar-refractivity contribution in [1.29, 1.82) is 0 Å². The van der Waals surface area contributed by atoms with Crippen molar-refractivity contribution in [2.45, 2.75) is 57.8 Å². The fourth-order valence-corrected chi connectivity index (χ4v) is 1.62. The number of carbonyl (C=O) groups is 1. The molecule has 0 bridgehead atoms. The zero-order valence-electron chi connectivity index (χ0n) is 9.79. The Morgan fingerprint density at radius 2 is 2.20 bits per heavy atom. The lowest BCUT2D eigenvalue weighted by Gasteiger charge is -2.22. The van der Waals surface area contributed by atoms with E-state index in [4.69, 9.17) is 15.9 Å². The molecule has 1 saturated heterocycles. The maximum absolute atomic E-state index is 10.9. The van der Waals surface area contributed by atoms with Gasteiger partial charge in [0.05, 0.1) is 11.7 Å². The first kappa shape index (κ1) is 12.1. The lowest BCUT2D eigenvalue weighted by molar-refractivity contribution is -0.150. The zero-order valence-corrected chi connectivity index (χ0v) is 9.79. The Labute approximate surface area is 91.1 Å². The maximum Gasteiger partial charge on any atom is 0.304 e. The Hall–Kier alpha value is -1.01. The number of carbonyl (C=O) groups excluding carboxylic acids is 1. The van der Waals surface area contributed by atoms with E-state index in [0.717, 1.165) is 6.42 Å². The van der Waals surface area contributed by atoms with Crippen molar-refractivity contribution in [3.05, 3.63) is 0 Å². The van der Waals surface area contributed by atoms with Crippen molar-refractivity contribution < 1.29 is 14.3 Å². The average molecular weight is 210 g/mol. The molecule has 0 saturated carbocycles. The average Bonchev–Trinajstić information content (AvgIpc) is 2.70. The third kappa shape index (κ3) is 3.24. The van der Waals surface area contributed by atoms with Crippen LogP contribution in [-0.2, 0) is 14.3 Å². The van der Waals surface area contributed by atoms with Crippen LogP contribution in [0.5, 0.6) is 0 Å². The molecular weight excluding hydrogens is 192 g/mol. The fraction of sp³-hybridized carbons (Fsp3) is 0.750. The third-order valence-electron chi connectivity index (χ3n) is 2.72. The minimum Gasteiger partial charge on any atom is -0.446 e. The predicted molar refractivity (Wildman–Crippen MR) is 57.2 cm³/mol. The topological polar surface area (TPSA) is 38.8 Å². The molecule has 3 heteroatoms. The highest BCUT2D eigenvalue weighted by Gasteiger charge is 2.48. The smallest absolute Gasteiger partial charge is 0.304 e. The molecule has 1 heterocycles. The van der Waals surface area contributed by atoms with Gasteiger partial charge in [0.2, 0.25) is 0 Å². The van der Waals surface area contributed by atoms with Crippen LogP contribution >= 0.6 is 0 Å². The molecule has 1 aliphatic heterocycles. The minimum absolute atomic E-state index is 0.0360. The summed E-state index contributed by atoms with van der Waals surface area (Å²) in [4.78, 5) is 10.9. The number of rotatable bonds is 4. The third-order valence-corrected chi connectivity index (χ3v) is 2.72. The van der Waals surface area contributed by atoms with Crippen LogP contribution in [0.4, 0.5) is 0 Å². The van der Waals surface area contributed by atoms with E-state index in [1.54, 1.807) is 6.92 Å². The summed E-state index contributed by atoms with van der Waals surface area (Å²) in [5.41, 5.74) is -0.834. The SMILES string of the molecule is C#CC(C)(CCC1OC1(C)C)OC(C)=O. The van der Waals surface area contributed by atoms with Crippen LogP contribution in [0.25, 0.3) is 0 Å². The zero-order chi connectivity index (χ0) is 11.7. The first-order chi connectivity index (χ1) is 6.79. The lowest BCUT2D eigenvalue weighted by Crippen LogP contribution is -2.29. The van der Waals surface area contributed by atoms with Gasteiger partial charge < -0.3 is 9.47 Å². The molecule has 2 unspecified atom stereocenters. The molecule has 0 aliphatic carbocycles.